The molecule has 9 nitrogen and oxygen atoms in total. The topological polar surface area (TPSA) is 82.4 Å². The summed E-state index contributed by atoms with van der Waals surface area (Å²) in [6.45, 7) is 5.80. The summed E-state index contributed by atoms with van der Waals surface area (Å²) >= 11 is 0. The highest BCUT2D eigenvalue weighted by Gasteiger charge is 2.23. The molecule has 0 aromatic carbocycles. The lowest BCUT2D eigenvalue weighted by molar-refractivity contribution is -0.117. The van der Waals surface area contributed by atoms with E-state index in [9.17, 15) is 4.79 Å². The Balaban J connectivity index is 1.27. The van der Waals surface area contributed by atoms with Crippen molar-refractivity contribution in [1.29, 1.82) is 0 Å². The Kier molecular flexibility index (Phi) is 5.82. The molecule has 4 rings (SSSR count). The van der Waals surface area contributed by atoms with E-state index in [1.165, 1.54) is 0 Å². The standard InChI is InChI=1S/C19H28N8O/c1-24-9-4-16(5-10-24)27-17(3-8-22-27)23-18(28)15-25-11-13-26(14-12-25)19-20-6-2-7-21-19/h2-3,6-8,16H,4-5,9-15H2,1H3,(H,23,28). The van der Waals surface area contributed by atoms with Gasteiger partial charge in [-0.1, -0.05) is 0 Å². The Bertz CT molecular complexity index is 763. The largest absolute Gasteiger partial charge is 0.338 e. The van der Waals surface area contributed by atoms with Crippen LogP contribution in [0.3, 0.4) is 0 Å². The molecule has 1 amide bonds. The summed E-state index contributed by atoms with van der Waals surface area (Å²) in [5.74, 6) is 1.57. The van der Waals surface area contributed by atoms with Gasteiger partial charge in [-0.05, 0) is 39.0 Å². The third kappa shape index (κ3) is 4.48. The van der Waals surface area contributed by atoms with E-state index in [1.54, 1.807) is 18.6 Å². The number of carbonyl (C=O) groups is 1. The molecule has 0 atom stereocenters. The molecule has 0 radical (unpaired) electrons. The molecular formula is C19H28N8O. The van der Waals surface area contributed by atoms with E-state index >= 15 is 0 Å². The second-order valence-corrected chi connectivity index (χ2v) is 7.56. The highest BCUT2D eigenvalue weighted by molar-refractivity contribution is 5.91. The van der Waals surface area contributed by atoms with Crippen LogP contribution in [0.25, 0.3) is 0 Å². The van der Waals surface area contributed by atoms with Gasteiger partial charge in [-0.25, -0.2) is 14.6 Å². The first-order chi connectivity index (χ1) is 13.7. The lowest BCUT2D eigenvalue weighted by atomic mass is 10.1. The van der Waals surface area contributed by atoms with E-state index in [4.69, 9.17) is 0 Å². The number of carbonyl (C=O) groups excluding carboxylic acids is 1. The van der Waals surface area contributed by atoms with E-state index in [-0.39, 0.29) is 5.91 Å². The molecule has 2 aromatic rings. The Morgan fingerprint density at radius 3 is 2.50 bits per heavy atom. The molecule has 0 spiro atoms. The van der Waals surface area contributed by atoms with Gasteiger partial charge in [0.25, 0.3) is 0 Å². The van der Waals surface area contributed by atoms with E-state index in [0.717, 1.165) is 63.9 Å². The highest BCUT2D eigenvalue weighted by atomic mass is 16.2. The average Bonchev–Trinajstić information content (AvgIpc) is 3.18. The monoisotopic (exact) mass is 384 g/mol. The molecule has 2 aliphatic heterocycles. The van der Waals surface area contributed by atoms with Crippen LogP contribution in [0.15, 0.2) is 30.7 Å². The van der Waals surface area contributed by atoms with Crippen LogP contribution in [0.5, 0.6) is 0 Å². The molecule has 150 valence electrons. The fourth-order valence-corrected chi connectivity index (χ4v) is 3.89. The number of nitrogens with zero attached hydrogens (tertiary/aromatic N) is 7. The van der Waals surface area contributed by atoms with Crippen LogP contribution in [0, 0.1) is 0 Å². The van der Waals surface area contributed by atoms with Crippen LogP contribution in [-0.2, 0) is 4.79 Å². The number of piperazine rings is 1. The molecule has 2 fully saturated rings. The summed E-state index contributed by atoms with van der Waals surface area (Å²) in [7, 11) is 2.14. The molecule has 0 saturated carbocycles. The Hall–Kier alpha value is -2.52. The Morgan fingerprint density at radius 1 is 1.07 bits per heavy atom. The number of anilines is 2. The number of rotatable bonds is 5. The molecular weight excluding hydrogens is 356 g/mol. The van der Waals surface area contributed by atoms with Gasteiger partial charge in [-0.2, -0.15) is 5.10 Å². The van der Waals surface area contributed by atoms with Crippen LogP contribution in [0.4, 0.5) is 11.8 Å². The summed E-state index contributed by atoms with van der Waals surface area (Å²) in [6, 6.07) is 4.07. The third-order valence-corrected chi connectivity index (χ3v) is 5.55. The van der Waals surface area contributed by atoms with Crippen molar-refractivity contribution >= 4 is 17.7 Å². The van der Waals surface area contributed by atoms with Gasteiger partial charge >= 0.3 is 0 Å². The van der Waals surface area contributed by atoms with Crippen LogP contribution in [0.1, 0.15) is 18.9 Å². The minimum absolute atomic E-state index is 0.0130. The number of aromatic nitrogens is 4. The van der Waals surface area contributed by atoms with Crippen LogP contribution in [-0.4, -0.2) is 88.3 Å². The maximum Gasteiger partial charge on any atom is 0.239 e. The zero-order chi connectivity index (χ0) is 19.3. The first-order valence-corrected chi connectivity index (χ1v) is 9.95. The fraction of sp³-hybridized carbons (Fsp3) is 0.579. The number of likely N-dealkylation sites (tertiary alicyclic amines) is 1. The molecule has 9 heteroatoms. The van der Waals surface area contributed by atoms with Gasteiger partial charge in [0.2, 0.25) is 11.9 Å². The van der Waals surface area contributed by atoms with Gasteiger partial charge in [-0.3, -0.25) is 9.69 Å². The number of hydrogen-bond donors (Lipinski definition) is 1. The molecule has 0 unspecified atom stereocenters. The summed E-state index contributed by atoms with van der Waals surface area (Å²) in [6.07, 6.45) is 7.41. The van der Waals surface area contributed by atoms with E-state index in [0.29, 0.717) is 12.6 Å². The van der Waals surface area contributed by atoms with Crippen molar-refractivity contribution in [2.45, 2.75) is 18.9 Å². The van der Waals surface area contributed by atoms with Gasteiger partial charge in [0.05, 0.1) is 18.8 Å². The second kappa shape index (κ2) is 8.66. The average molecular weight is 384 g/mol. The van der Waals surface area contributed by atoms with Crippen molar-refractivity contribution in [2.75, 3.05) is 63.1 Å². The van der Waals surface area contributed by atoms with Gasteiger partial charge in [-0.15, -0.1) is 0 Å². The maximum atomic E-state index is 12.6. The number of piperidine rings is 1. The van der Waals surface area contributed by atoms with Crippen molar-refractivity contribution in [2.24, 2.45) is 0 Å². The SMILES string of the molecule is CN1CCC(n2nccc2NC(=O)CN2CCN(c3ncccn3)CC2)CC1. The summed E-state index contributed by atoms with van der Waals surface area (Å²) < 4.78 is 1.98. The van der Waals surface area contributed by atoms with Gasteiger partial charge in [0.15, 0.2) is 0 Å². The van der Waals surface area contributed by atoms with Crippen molar-refractivity contribution in [1.82, 2.24) is 29.5 Å². The quantitative estimate of drug-likeness (QED) is 0.813. The zero-order valence-corrected chi connectivity index (χ0v) is 16.4. The van der Waals surface area contributed by atoms with Crippen LogP contribution in [0.2, 0.25) is 0 Å². The molecule has 4 heterocycles. The molecule has 28 heavy (non-hydrogen) atoms. The molecule has 0 aliphatic carbocycles. The lowest BCUT2D eigenvalue weighted by Crippen LogP contribution is -2.49. The Morgan fingerprint density at radius 2 is 1.79 bits per heavy atom. The zero-order valence-electron chi connectivity index (χ0n) is 16.4. The van der Waals surface area contributed by atoms with Gasteiger partial charge < -0.3 is 15.1 Å². The second-order valence-electron chi connectivity index (χ2n) is 7.56. The fourth-order valence-electron chi connectivity index (χ4n) is 3.89. The molecule has 2 aromatic heterocycles. The van der Waals surface area contributed by atoms with E-state index in [2.05, 4.69) is 42.1 Å². The Labute approximate surface area is 165 Å². The lowest BCUT2D eigenvalue weighted by Gasteiger charge is -2.34. The van der Waals surface area contributed by atoms with Crippen LogP contribution >= 0.6 is 0 Å². The first-order valence-electron chi connectivity index (χ1n) is 9.95. The predicted octanol–water partition coefficient (Wildman–Crippen LogP) is 0.701. The predicted molar refractivity (Wildman–Crippen MR) is 107 cm³/mol. The summed E-state index contributed by atoms with van der Waals surface area (Å²) in [5.41, 5.74) is 0. The van der Waals surface area contributed by atoms with Crippen LogP contribution < -0.4 is 10.2 Å². The van der Waals surface area contributed by atoms with Crippen molar-refractivity contribution in [3.63, 3.8) is 0 Å². The maximum absolute atomic E-state index is 12.6. The highest BCUT2D eigenvalue weighted by Crippen LogP contribution is 2.24. The minimum Gasteiger partial charge on any atom is -0.338 e. The third-order valence-electron chi connectivity index (χ3n) is 5.55. The first kappa shape index (κ1) is 18.8. The molecule has 0 bridgehead atoms. The van der Waals surface area contributed by atoms with Crippen molar-refractivity contribution in [3.8, 4) is 0 Å². The summed E-state index contributed by atoms with van der Waals surface area (Å²) in [5, 5.41) is 7.51. The van der Waals surface area contributed by atoms with E-state index < -0.39 is 0 Å². The normalized spacial score (nSPS) is 19.7. The smallest absolute Gasteiger partial charge is 0.239 e. The summed E-state index contributed by atoms with van der Waals surface area (Å²) in [4.78, 5) is 27.8. The van der Waals surface area contributed by atoms with Gasteiger partial charge in [0.1, 0.15) is 5.82 Å². The number of amides is 1. The van der Waals surface area contributed by atoms with Gasteiger partial charge in [0, 0.05) is 44.6 Å². The molecule has 2 saturated heterocycles. The minimum atomic E-state index is 0.0130. The van der Waals surface area contributed by atoms with Crippen molar-refractivity contribution in [3.05, 3.63) is 30.7 Å². The molecule has 2 aliphatic rings. The number of hydrogen-bond acceptors (Lipinski definition) is 7. The van der Waals surface area contributed by atoms with Crippen molar-refractivity contribution < 1.29 is 4.79 Å². The number of nitrogens with one attached hydrogen (secondary N) is 1. The molecule has 1 N–H and O–H groups in total. The van der Waals surface area contributed by atoms with E-state index in [1.807, 2.05) is 16.8 Å².